The van der Waals surface area contributed by atoms with Crippen LogP contribution in [-0.4, -0.2) is 140 Å². The maximum absolute atomic E-state index is 13.8. The van der Waals surface area contributed by atoms with E-state index in [2.05, 4.69) is 39.8 Å². The number of imidazole rings is 1. The van der Waals surface area contributed by atoms with Crippen molar-refractivity contribution in [3.8, 4) is 0 Å². The summed E-state index contributed by atoms with van der Waals surface area (Å²) < 4.78 is 65.9. The minimum absolute atomic E-state index is 0.0209. The van der Waals surface area contributed by atoms with Crippen molar-refractivity contribution in [1.82, 2.24) is 34.4 Å². The Morgan fingerprint density at radius 3 is 2.55 bits per heavy atom. The first kappa shape index (κ1) is 47.0. The Hall–Kier alpha value is -4.06. The number of nitrogens with two attached hydrogens (primary N) is 1. The average molecular weight is 952 g/mol. The third kappa shape index (κ3) is 12.7. The second kappa shape index (κ2) is 19.8. The van der Waals surface area contributed by atoms with Gasteiger partial charge in [0.25, 0.3) is 0 Å². The predicted molar refractivity (Wildman–Crippen MR) is 204 cm³/mol. The van der Waals surface area contributed by atoms with Gasteiger partial charge in [0.15, 0.2) is 0 Å². The van der Waals surface area contributed by atoms with Crippen LogP contribution in [0.3, 0.4) is 0 Å². The number of fused-ring (bicyclic) bond motifs is 1. The number of anilines is 1. The second-order valence-corrected chi connectivity index (χ2v) is 18.1. The molecule has 0 saturated carbocycles. The number of hydrogen-bond donors (Lipinski definition) is 6. The van der Waals surface area contributed by atoms with Gasteiger partial charge in [0, 0.05) is 24.1 Å². The van der Waals surface area contributed by atoms with Gasteiger partial charge in [-0.05, 0) is 38.8 Å². The van der Waals surface area contributed by atoms with E-state index in [0.717, 1.165) is 21.4 Å². The molecule has 6 unspecified atom stereocenters. The first-order chi connectivity index (χ1) is 28.1. The Morgan fingerprint density at radius 2 is 1.87 bits per heavy atom. The van der Waals surface area contributed by atoms with Crippen LogP contribution in [0, 0.1) is 0 Å². The summed E-state index contributed by atoms with van der Waals surface area (Å²) in [5.41, 5.74) is 13.0. The van der Waals surface area contributed by atoms with Crippen LogP contribution in [-0.2, 0) is 46.4 Å². The van der Waals surface area contributed by atoms with Crippen LogP contribution in [0.15, 0.2) is 34.8 Å². The van der Waals surface area contributed by atoms with Crippen molar-refractivity contribution in [3.05, 3.63) is 45.8 Å². The monoisotopic (exact) mass is 951 g/mol. The number of esters is 1. The number of unbranched alkanes of at least 4 members (excludes halogenated alkanes) is 1. The van der Waals surface area contributed by atoms with E-state index in [1.54, 1.807) is 20.8 Å². The van der Waals surface area contributed by atoms with Crippen LogP contribution < -0.4 is 21.2 Å². The Labute approximate surface area is 348 Å². The molecule has 0 spiro atoms. The van der Waals surface area contributed by atoms with Gasteiger partial charge in [-0.2, -0.15) is 4.98 Å². The molecule has 60 heavy (non-hydrogen) atoms. The SMILES string of the molecule is CC(C)(C)OC(=O)N[C@H](CCCCN=[N+]=[N-])C(=O)OC1C(COP(=O)(O)O[C@H]2C[C@H](n3ccc(N)nc3=O)O[C@@H]2COP(=O)(O)O)OC(n2cnc3c([AsH2])ncnc32)C1O. The third-order valence-corrected chi connectivity index (χ3v) is 11.1. The van der Waals surface area contributed by atoms with Crippen molar-refractivity contribution in [2.75, 3.05) is 25.5 Å². The molecule has 10 atom stereocenters. The number of ether oxygens (including phenoxy) is 4. The minimum atomic E-state index is -5.22. The number of aliphatic hydroxyl groups excluding tert-OH is 1. The van der Waals surface area contributed by atoms with E-state index in [1.807, 2.05) is 0 Å². The van der Waals surface area contributed by atoms with Gasteiger partial charge in [-0.1, -0.05) is 5.11 Å². The molecule has 2 saturated heterocycles. The van der Waals surface area contributed by atoms with Crippen molar-refractivity contribution in [1.29, 1.82) is 0 Å². The van der Waals surface area contributed by atoms with Gasteiger partial charge in [0.2, 0.25) is 0 Å². The molecule has 2 fully saturated rings. The van der Waals surface area contributed by atoms with Crippen LogP contribution in [0.5, 0.6) is 0 Å². The molecular formula is C30H44AsN11O16P2. The maximum atomic E-state index is 13.8. The Kier molecular flexibility index (Phi) is 15.5. The number of nitrogens with zero attached hydrogens (tertiary/aromatic N) is 9. The fraction of sp³-hybridized carbons (Fsp3) is 0.633. The number of phosphoric acid groups is 2. The number of aromatic nitrogens is 6. The number of azide groups is 1. The third-order valence-electron chi connectivity index (χ3n) is 8.68. The number of carbonyl (C=O) groups excluding carboxylic acids is 2. The number of aliphatic hydroxyl groups is 1. The average Bonchev–Trinajstić information content (AvgIpc) is 3.83. The van der Waals surface area contributed by atoms with Crippen molar-refractivity contribution in [2.24, 2.45) is 5.11 Å². The van der Waals surface area contributed by atoms with E-state index in [0.29, 0.717) is 16.4 Å². The summed E-state index contributed by atoms with van der Waals surface area (Å²) in [6.07, 6.45) is -7.33. The summed E-state index contributed by atoms with van der Waals surface area (Å²) in [7, 11) is -10.3. The van der Waals surface area contributed by atoms with Gasteiger partial charge < -0.3 is 25.0 Å². The fourth-order valence-corrected chi connectivity index (χ4v) is 7.96. The van der Waals surface area contributed by atoms with E-state index in [1.165, 1.54) is 29.5 Å². The number of hydrogen-bond acceptors (Lipinski definition) is 19. The van der Waals surface area contributed by atoms with Gasteiger partial charge in [-0.15, -0.1) is 0 Å². The van der Waals surface area contributed by atoms with E-state index < -0.39 is 101 Å². The molecule has 0 bridgehead atoms. The van der Waals surface area contributed by atoms with Gasteiger partial charge in [0.05, 0.1) is 6.61 Å². The number of amides is 1. The molecule has 30 heteroatoms. The Bertz CT molecular complexity index is 2220. The van der Waals surface area contributed by atoms with Crippen molar-refractivity contribution >= 4 is 66.0 Å². The Morgan fingerprint density at radius 1 is 1.13 bits per heavy atom. The molecule has 0 radical (unpaired) electrons. The van der Waals surface area contributed by atoms with Crippen molar-refractivity contribution in [2.45, 2.75) is 101 Å². The molecule has 1 amide bonds. The van der Waals surface area contributed by atoms with Crippen LogP contribution in [0.1, 0.15) is 58.9 Å². The van der Waals surface area contributed by atoms with Crippen LogP contribution in [0.4, 0.5) is 10.6 Å². The zero-order chi connectivity index (χ0) is 44.0. The Balaban J connectivity index is 1.37. The topological polar surface area (TPSA) is 379 Å². The number of carbonyl (C=O) groups is 2. The molecule has 3 aromatic heterocycles. The first-order valence-corrected chi connectivity index (χ1v) is 22.2. The second-order valence-electron chi connectivity index (χ2n) is 14.3. The molecular weight excluding hydrogens is 907 g/mol. The van der Waals surface area contributed by atoms with Gasteiger partial charge in [-0.25, -0.2) is 14.2 Å². The summed E-state index contributed by atoms with van der Waals surface area (Å²) in [5.74, 6) is -1.17. The number of nitrogens with one attached hydrogen (secondary N) is 1. The van der Waals surface area contributed by atoms with E-state index in [9.17, 15) is 43.3 Å². The standard InChI is InChI=1S/C30H44AsN11O16P2/c1-30(2,3)57-29(46)38-15(6-4-5-8-37-40-33)27(44)56-23-18(55-26(22(23)43)42-14-36-21-24(31)34-13-35-25(21)42)12-53-60(50,51)58-16-10-20(41-9-7-19(32)39-28(41)45)54-17(16)11-52-59(47,48)49/h7,9,13-18,20,22-23,26,43H,4-6,8,10-12,31H2,1-3H3,(H,38,46)(H,50,51)(H2,32,39,45)(H2,47,48,49)/t15-,16+,17-,18?,20-,22?,23?,26?/m1/s1. The van der Waals surface area contributed by atoms with Crippen LogP contribution in [0.2, 0.25) is 0 Å². The van der Waals surface area contributed by atoms with Crippen LogP contribution in [0.25, 0.3) is 21.6 Å². The summed E-state index contributed by atoms with van der Waals surface area (Å²) in [5, 5.41) is 17.6. The first-order valence-electron chi connectivity index (χ1n) is 18.0. The summed E-state index contributed by atoms with van der Waals surface area (Å²) in [4.78, 5) is 87.5. The number of rotatable bonds is 18. The number of nitrogen functional groups attached to an aromatic ring is 1. The molecule has 7 N–H and O–H groups in total. The molecule has 0 aliphatic carbocycles. The zero-order valence-corrected chi connectivity index (χ0v) is 36.4. The summed E-state index contributed by atoms with van der Waals surface area (Å²) >= 11 is 1.14. The van der Waals surface area contributed by atoms with Crippen molar-refractivity contribution < 1.29 is 71.0 Å². The molecule has 5 heterocycles. The molecule has 2 aliphatic heterocycles. The van der Waals surface area contributed by atoms with Crippen molar-refractivity contribution in [3.63, 3.8) is 0 Å². The molecule has 2 aliphatic rings. The van der Waals surface area contributed by atoms with E-state index in [4.69, 9.17) is 39.3 Å². The van der Waals surface area contributed by atoms with Crippen LogP contribution >= 0.6 is 15.6 Å². The van der Waals surface area contributed by atoms with Gasteiger partial charge >= 0.3 is 197 Å². The normalized spacial score (nSPS) is 24.7. The molecule has 330 valence electrons. The van der Waals surface area contributed by atoms with E-state index in [-0.39, 0.29) is 37.3 Å². The quantitative estimate of drug-likeness (QED) is 0.0176. The van der Waals surface area contributed by atoms with Gasteiger partial charge in [-0.3, -0.25) is 9.09 Å². The van der Waals surface area contributed by atoms with E-state index >= 15 is 0 Å². The number of alkyl carbamates (subject to hydrolysis) is 1. The predicted octanol–water partition coefficient (Wildman–Crippen LogP) is -0.633. The van der Waals surface area contributed by atoms with Gasteiger partial charge in [0.1, 0.15) is 23.8 Å². The molecule has 27 nitrogen and oxygen atoms in total. The molecule has 5 rings (SSSR count). The zero-order valence-electron chi connectivity index (χ0n) is 32.1. The summed E-state index contributed by atoms with van der Waals surface area (Å²) in [6, 6.07) is -0.0835. The fourth-order valence-electron chi connectivity index (χ4n) is 6.09. The summed E-state index contributed by atoms with van der Waals surface area (Å²) in [6.45, 7) is 3.20. The molecule has 0 aromatic carbocycles. The molecule has 3 aromatic rings. The number of phosphoric ester groups is 2.